The molecule has 2 aliphatic carbocycles. The number of aliphatic hydroxyl groups excluding tert-OH is 2. The van der Waals surface area contributed by atoms with Crippen molar-refractivity contribution >= 4 is 42.0 Å². The van der Waals surface area contributed by atoms with Crippen LogP contribution in [-0.4, -0.2) is 137 Å². The zero-order chi connectivity index (χ0) is 50.1. The van der Waals surface area contributed by atoms with Crippen molar-refractivity contribution in [1.82, 2.24) is 20.6 Å². The van der Waals surface area contributed by atoms with Crippen LogP contribution in [0.5, 0.6) is 5.75 Å². The number of phenolic OH excluding ortho intramolecular Hbond substituents is 1. The smallest absolute Gasteiger partial charge is 0.303 e. The van der Waals surface area contributed by atoms with Crippen molar-refractivity contribution in [3.8, 4) is 5.75 Å². The Morgan fingerprint density at radius 3 is 2.10 bits per heavy atom. The number of aromatic nitrogens is 1. The monoisotopic (exact) mass is 942 g/mol. The number of nitrogens with one attached hydrogen (secondary N) is 2. The molecule has 0 bridgehead atoms. The lowest BCUT2D eigenvalue weighted by molar-refractivity contribution is -0.137. The predicted octanol–water partition coefficient (Wildman–Crippen LogP) is 3.35. The van der Waals surface area contributed by atoms with E-state index in [1.165, 1.54) is 63.5 Å². The molecular formula is C46H75N11O10. The molecule has 1 aromatic carbocycles. The molecule has 1 aromatic heterocycles. The number of hydrazone groups is 1. The Kier molecular flexibility index (Phi) is 30.2. The van der Waals surface area contributed by atoms with E-state index in [4.69, 9.17) is 31.3 Å². The van der Waals surface area contributed by atoms with Gasteiger partial charge in [0, 0.05) is 64.0 Å². The molecule has 4 atom stereocenters. The quantitative estimate of drug-likeness (QED) is 0.0476. The van der Waals surface area contributed by atoms with Gasteiger partial charge in [-0.1, -0.05) is 56.7 Å². The number of benzene rings is 1. The maximum absolute atomic E-state index is 12.2. The van der Waals surface area contributed by atoms with Crippen molar-refractivity contribution < 1.29 is 49.1 Å². The number of hydrogen-bond donors (Lipinski definition) is 9. The minimum Gasteiger partial charge on any atom is -0.507 e. The van der Waals surface area contributed by atoms with Gasteiger partial charge in [0.05, 0.1) is 30.6 Å². The van der Waals surface area contributed by atoms with Crippen LogP contribution < -0.4 is 27.9 Å². The number of aliphatic hydroxyl groups is 2. The Morgan fingerprint density at radius 1 is 1.00 bits per heavy atom. The number of carboxylic acid groups (broad SMARTS) is 1. The number of aliphatic imine (C=N–C) groups is 1. The number of carboxylic acids is 1. The molecule has 2 heterocycles. The summed E-state index contributed by atoms with van der Waals surface area (Å²) < 4.78 is 5.36. The van der Waals surface area contributed by atoms with Crippen molar-refractivity contribution in [3.05, 3.63) is 58.9 Å². The summed E-state index contributed by atoms with van der Waals surface area (Å²) in [7, 11) is 3.28. The summed E-state index contributed by atoms with van der Waals surface area (Å²) in [6.07, 6.45) is 15.6. The van der Waals surface area contributed by atoms with Crippen molar-refractivity contribution in [2.24, 2.45) is 49.6 Å². The van der Waals surface area contributed by atoms with E-state index in [1.807, 2.05) is 6.92 Å². The van der Waals surface area contributed by atoms with Gasteiger partial charge in [-0.3, -0.25) is 39.0 Å². The first-order valence-corrected chi connectivity index (χ1v) is 22.7. The third kappa shape index (κ3) is 25.4. The molecule has 2 fully saturated rings. The Morgan fingerprint density at radius 2 is 1.61 bits per heavy atom. The lowest BCUT2D eigenvalue weighted by Gasteiger charge is -2.24. The Hall–Kier alpha value is -6.06. The van der Waals surface area contributed by atoms with Gasteiger partial charge in [-0.15, -0.1) is 0 Å². The van der Waals surface area contributed by atoms with Crippen LogP contribution in [0.4, 0.5) is 0 Å². The van der Waals surface area contributed by atoms with Crippen molar-refractivity contribution in [1.29, 1.82) is 0 Å². The second-order valence-corrected chi connectivity index (χ2v) is 16.5. The number of carbonyl (C=O) groups excluding carboxylic acids is 4. The maximum atomic E-state index is 12.2. The summed E-state index contributed by atoms with van der Waals surface area (Å²) in [5, 5.41) is 56.0. The van der Waals surface area contributed by atoms with Gasteiger partial charge in [0.2, 0.25) is 12.3 Å². The Balaban J connectivity index is 0.000000475. The number of methoxy groups -OCH3 is 1. The van der Waals surface area contributed by atoms with Crippen LogP contribution in [0.2, 0.25) is 0 Å². The summed E-state index contributed by atoms with van der Waals surface area (Å²) in [4.78, 5) is 61.8. The number of nitrogens with zero attached hydrogens (tertiary/aromatic N) is 6. The molecule has 0 radical (unpaired) electrons. The Bertz CT molecular complexity index is 1830. The van der Waals surface area contributed by atoms with Gasteiger partial charge in [0.25, 0.3) is 11.8 Å². The molecule has 21 heteroatoms. The summed E-state index contributed by atoms with van der Waals surface area (Å²) in [6, 6.07) is 8.12. The zero-order valence-corrected chi connectivity index (χ0v) is 39.8. The fourth-order valence-corrected chi connectivity index (χ4v) is 7.35. The Labute approximate surface area is 394 Å². The van der Waals surface area contributed by atoms with Gasteiger partial charge in [-0.2, -0.15) is 10.2 Å². The average Bonchev–Trinajstić information content (AvgIpc) is 3.77. The minimum atomic E-state index is -0.862. The zero-order valence-electron chi connectivity index (χ0n) is 39.8. The number of primary amides is 2. The maximum Gasteiger partial charge on any atom is 0.303 e. The molecule has 4 unspecified atom stereocenters. The first kappa shape index (κ1) is 59.0. The molecule has 5 rings (SSSR count). The van der Waals surface area contributed by atoms with E-state index in [2.05, 4.69) is 41.8 Å². The molecule has 0 spiro atoms. The third-order valence-electron chi connectivity index (χ3n) is 11.0. The van der Waals surface area contributed by atoms with E-state index >= 15 is 0 Å². The molecule has 67 heavy (non-hydrogen) atoms. The van der Waals surface area contributed by atoms with E-state index in [-0.39, 0.29) is 67.7 Å². The number of hydrogen-bond acceptors (Lipinski definition) is 16. The highest BCUT2D eigenvalue weighted by Crippen LogP contribution is 2.25. The van der Waals surface area contributed by atoms with Crippen LogP contribution in [0.15, 0.2) is 57.0 Å². The number of nitrogens with two attached hydrogens (primary N) is 3. The van der Waals surface area contributed by atoms with Gasteiger partial charge in [-0.05, 0) is 87.3 Å². The van der Waals surface area contributed by atoms with Crippen LogP contribution in [-0.2, 0) is 19.1 Å². The lowest BCUT2D eigenvalue weighted by Crippen LogP contribution is -2.36. The van der Waals surface area contributed by atoms with Crippen LogP contribution >= 0.6 is 0 Å². The van der Waals surface area contributed by atoms with E-state index in [1.54, 1.807) is 63.6 Å². The fraction of sp³-hybridized carbons (Fsp3) is 0.609. The highest BCUT2D eigenvalue weighted by molar-refractivity contribution is 6.31. The number of aromatic hydroxyl groups is 1. The summed E-state index contributed by atoms with van der Waals surface area (Å²) >= 11 is 0. The summed E-state index contributed by atoms with van der Waals surface area (Å²) in [5.74, 6) is 4.08. The fourth-order valence-electron chi connectivity index (χ4n) is 7.35. The van der Waals surface area contributed by atoms with Crippen molar-refractivity contribution in [2.45, 2.75) is 129 Å². The van der Waals surface area contributed by atoms with E-state index in [0.717, 1.165) is 18.6 Å². The molecule has 2 aromatic rings. The largest absolute Gasteiger partial charge is 0.507 e. The molecule has 1 aliphatic heterocycles. The number of amides is 4. The summed E-state index contributed by atoms with van der Waals surface area (Å²) in [6.45, 7) is 6.22. The van der Waals surface area contributed by atoms with Crippen molar-refractivity contribution in [2.75, 3.05) is 40.3 Å². The van der Waals surface area contributed by atoms with Crippen LogP contribution in [0, 0.1) is 25.7 Å². The van der Waals surface area contributed by atoms with Crippen LogP contribution in [0.25, 0.3) is 0 Å². The number of rotatable bonds is 17. The normalized spacial score (nSPS) is 17.3. The first-order valence-electron chi connectivity index (χ1n) is 22.7. The standard InChI is InChI=1S/C19H29NO6.C11H14N6O2.C9H17N3.C6H12O.CH3NO/c1-11(5-6-17(22)23)16(26-4)9-15(21)10-20-19(25)14-7-12(2)18(24)13(3)8-14;12-10(18)7-17-6-8(15-16-17)5-14-11(19)9-3-1-2-4-13-9;1-11-7-9(12-10)8-5-3-2-4-6-8;7-6-4-2-1-3-5-6;2-1-3/h7-8,11,15-16,21,24H,5-6,9-10H2,1-4H3,(H,20,25)(H,22,23);1-4,8H,5-7H2,(H2,12,18)(H,14,19);7-8H,2-6,10H2,1H3;6-7H,1-5H2;1H,(H2,2,3)/b;;11-7?,12-9+;;. The molecule has 0 saturated heterocycles. The highest BCUT2D eigenvalue weighted by Gasteiger charge is 2.23. The van der Waals surface area contributed by atoms with Crippen molar-refractivity contribution in [3.63, 3.8) is 0 Å². The van der Waals surface area contributed by atoms with E-state index in [9.17, 15) is 29.4 Å². The van der Waals surface area contributed by atoms with Crippen LogP contribution in [0.1, 0.15) is 122 Å². The summed E-state index contributed by atoms with van der Waals surface area (Å²) in [5.41, 5.74) is 12.2. The first-order chi connectivity index (χ1) is 32.0. The number of phenols is 1. The number of aliphatic carboxylic acids is 1. The molecule has 21 nitrogen and oxygen atoms in total. The lowest BCUT2D eigenvalue weighted by atomic mass is 9.86. The number of aryl methyl sites for hydroxylation is 2. The van der Waals surface area contributed by atoms with Gasteiger partial charge in [0.15, 0.2) is 0 Å². The van der Waals surface area contributed by atoms with Gasteiger partial charge < -0.3 is 53.1 Å². The topological polar surface area (TPSA) is 343 Å². The highest BCUT2D eigenvalue weighted by atomic mass is 16.5. The molecule has 2 saturated carbocycles. The number of carbonyl (C=O) groups is 5. The number of ether oxygens (including phenoxy) is 1. The third-order valence-corrected chi connectivity index (χ3v) is 11.0. The molecule has 12 N–H and O–H groups in total. The van der Waals surface area contributed by atoms with Gasteiger partial charge in [0.1, 0.15) is 24.0 Å². The SMILES string of the molecule is CN=C/C(=N\N)C1CCCCC1.COC(CC(O)CNC(=O)c1cc(C)c(O)c(C)c1)C(C)CCC(=O)O.NC(=O)CN1CC(CNC(=O)c2ccccn2)N=N1.NC=O.OC1CCCCC1. The molecule has 3 aliphatic rings. The van der Waals surface area contributed by atoms with Gasteiger partial charge >= 0.3 is 5.97 Å². The van der Waals surface area contributed by atoms with E-state index in [0.29, 0.717) is 54.2 Å². The second-order valence-electron chi connectivity index (χ2n) is 16.5. The predicted molar refractivity (Wildman–Crippen MR) is 255 cm³/mol. The van der Waals surface area contributed by atoms with Crippen LogP contribution in [0.3, 0.4) is 0 Å². The number of pyridine rings is 1. The second kappa shape index (κ2) is 34.3. The minimum absolute atomic E-state index is 0.0242. The molecule has 4 amide bonds. The average molecular weight is 942 g/mol. The molecular weight excluding hydrogens is 867 g/mol. The molecule has 374 valence electrons. The van der Waals surface area contributed by atoms with Gasteiger partial charge in [-0.25, -0.2) is 0 Å². The van der Waals surface area contributed by atoms with E-state index < -0.39 is 18.0 Å².